The van der Waals surface area contributed by atoms with Crippen LogP contribution >= 0.6 is 11.6 Å². The van der Waals surface area contributed by atoms with Crippen molar-refractivity contribution in [3.8, 4) is 0 Å². The highest BCUT2D eigenvalue weighted by Gasteiger charge is 2.20. The van der Waals surface area contributed by atoms with Gasteiger partial charge >= 0.3 is 0 Å². The largest absolute Gasteiger partial charge is 0.379 e. The van der Waals surface area contributed by atoms with Gasteiger partial charge in [0.15, 0.2) is 0 Å². The van der Waals surface area contributed by atoms with Crippen molar-refractivity contribution in [1.82, 2.24) is 9.80 Å². The maximum absolute atomic E-state index is 12.4. The maximum atomic E-state index is 12.4. The minimum absolute atomic E-state index is 0.144. The topological polar surface area (TPSA) is 75.9 Å². The van der Waals surface area contributed by atoms with E-state index in [0.717, 1.165) is 19.6 Å². The fraction of sp³-hybridized carbons (Fsp3) is 0.500. The first-order chi connectivity index (χ1) is 10.5. The fourth-order valence-electron chi connectivity index (χ4n) is 2.21. The van der Waals surface area contributed by atoms with Crippen molar-refractivity contribution in [2.75, 3.05) is 46.4 Å². The lowest BCUT2D eigenvalue weighted by molar-refractivity contribution is -0.384. The molecule has 1 fully saturated rings. The lowest BCUT2D eigenvalue weighted by Crippen LogP contribution is -2.42. The van der Waals surface area contributed by atoms with Gasteiger partial charge in [-0.1, -0.05) is 11.6 Å². The molecule has 0 aliphatic carbocycles. The number of carbonyl (C=O) groups is 1. The molecule has 1 heterocycles. The molecule has 0 bridgehead atoms. The molecule has 22 heavy (non-hydrogen) atoms. The highest BCUT2D eigenvalue weighted by atomic mass is 35.5. The molecule has 120 valence electrons. The fourth-order valence-corrected chi connectivity index (χ4v) is 2.41. The van der Waals surface area contributed by atoms with Gasteiger partial charge in [-0.2, -0.15) is 0 Å². The van der Waals surface area contributed by atoms with Crippen molar-refractivity contribution in [3.05, 3.63) is 38.9 Å². The summed E-state index contributed by atoms with van der Waals surface area (Å²) in [4.78, 5) is 26.4. The molecule has 1 aliphatic rings. The summed E-state index contributed by atoms with van der Waals surface area (Å²) < 4.78 is 5.27. The molecule has 1 aromatic rings. The van der Waals surface area contributed by atoms with E-state index in [2.05, 4.69) is 4.90 Å². The summed E-state index contributed by atoms with van der Waals surface area (Å²) in [7, 11) is 1.66. The Hall–Kier alpha value is -1.70. The SMILES string of the molecule is CN(CCN1CCOCC1)C(=O)c1cc([N+](=O)[O-])ccc1Cl. The van der Waals surface area contributed by atoms with Crippen molar-refractivity contribution in [3.63, 3.8) is 0 Å². The van der Waals surface area contributed by atoms with E-state index in [4.69, 9.17) is 16.3 Å². The zero-order chi connectivity index (χ0) is 16.1. The number of morpholine rings is 1. The number of ether oxygens (including phenoxy) is 1. The minimum Gasteiger partial charge on any atom is -0.379 e. The molecule has 0 saturated carbocycles. The zero-order valence-electron chi connectivity index (χ0n) is 12.3. The molecule has 7 nitrogen and oxygen atoms in total. The van der Waals surface area contributed by atoms with Gasteiger partial charge in [-0.05, 0) is 6.07 Å². The summed E-state index contributed by atoms with van der Waals surface area (Å²) in [5.41, 5.74) is 0.00896. The van der Waals surface area contributed by atoms with Gasteiger partial charge in [0.1, 0.15) is 0 Å². The van der Waals surface area contributed by atoms with Crippen LogP contribution in [0.15, 0.2) is 18.2 Å². The molecule has 0 radical (unpaired) electrons. The van der Waals surface area contributed by atoms with Crippen molar-refractivity contribution in [2.45, 2.75) is 0 Å². The molecule has 0 atom stereocenters. The lowest BCUT2D eigenvalue weighted by atomic mass is 10.1. The van der Waals surface area contributed by atoms with E-state index in [1.165, 1.54) is 23.1 Å². The molecule has 1 aromatic carbocycles. The minimum atomic E-state index is -0.541. The predicted molar refractivity (Wildman–Crippen MR) is 82.3 cm³/mol. The maximum Gasteiger partial charge on any atom is 0.270 e. The Labute approximate surface area is 133 Å². The number of hydrogen-bond donors (Lipinski definition) is 0. The summed E-state index contributed by atoms with van der Waals surface area (Å²) >= 11 is 5.99. The highest BCUT2D eigenvalue weighted by Crippen LogP contribution is 2.23. The van der Waals surface area contributed by atoms with Crippen LogP contribution < -0.4 is 0 Å². The molecule has 1 aliphatic heterocycles. The second kappa shape index (κ2) is 7.53. The molecule has 1 amide bonds. The van der Waals surface area contributed by atoms with Crippen LogP contribution in [-0.2, 0) is 4.74 Å². The third-order valence-electron chi connectivity index (χ3n) is 3.59. The van der Waals surface area contributed by atoms with Gasteiger partial charge < -0.3 is 9.64 Å². The summed E-state index contributed by atoms with van der Waals surface area (Å²) in [5.74, 6) is -0.318. The van der Waals surface area contributed by atoms with Gasteiger partial charge in [0.2, 0.25) is 0 Å². The van der Waals surface area contributed by atoms with Crippen LogP contribution in [0.1, 0.15) is 10.4 Å². The van der Waals surface area contributed by atoms with Gasteiger partial charge in [0.05, 0.1) is 28.7 Å². The van der Waals surface area contributed by atoms with Crippen molar-refractivity contribution < 1.29 is 14.5 Å². The molecular formula is C14H18ClN3O4. The Morgan fingerprint density at radius 3 is 2.77 bits per heavy atom. The molecule has 0 aromatic heterocycles. The summed E-state index contributed by atoms with van der Waals surface area (Å²) in [5, 5.41) is 11.0. The quantitative estimate of drug-likeness (QED) is 0.607. The van der Waals surface area contributed by atoms with Crippen molar-refractivity contribution in [1.29, 1.82) is 0 Å². The average Bonchev–Trinajstić information content (AvgIpc) is 2.53. The number of nitrogens with zero attached hydrogens (tertiary/aromatic N) is 3. The molecule has 2 rings (SSSR count). The second-order valence-electron chi connectivity index (χ2n) is 5.10. The first kappa shape index (κ1) is 16.7. The summed E-state index contributed by atoms with van der Waals surface area (Å²) in [6.07, 6.45) is 0. The van der Waals surface area contributed by atoms with E-state index in [1.54, 1.807) is 7.05 Å². The average molecular weight is 328 g/mol. The van der Waals surface area contributed by atoms with Crippen LogP contribution in [0.5, 0.6) is 0 Å². The number of carbonyl (C=O) groups excluding carboxylic acids is 1. The normalized spacial score (nSPS) is 15.5. The molecular weight excluding hydrogens is 310 g/mol. The number of benzene rings is 1. The molecule has 1 saturated heterocycles. The van der Waals surface area contributed by atoms with Gasteiger partial charge in [-0.25, -0.2) is 0 Å². The first-order valence-electron chi connectivity index (χ1n) is 6.98. The van der Waals surface area contributed by atoms with E-state index < -0.39 is 4.92 Å². The monoisotopic (exact) mass is 327 g/mol. The Balaban J connectivity index is 2.00. The highest BCUT2D eigenvalue weighted by molar-refractivity contribution is 6.33. The van der Waals surface area contributed by atoms with Crippen LogP contribution in [0, 0.1) is 10.1 Å². The van der Waals surface area contributed by atoms with Crippen LogP contribution in [-0.4, -0.2) is 67.1 Å². The third-order valence-corrected chi connectivity index (χ3v) is 3.92. The smallest absolute Gasteiger partial charge is 0.270 e. The number of nitro groups is 1. The van der Waals surface area contributed by atoms with E-state index in [0.29, 0.717) is 19.8 Å². The molecule has 8 heteroatoms. The molecule has 0 unspecified atom stereocenters. The van der Waals surface area contributed by atoms with E-state index >= 15 is 0 Å². The van der Waals surface area contributed by atoms with Gasteiger partial charge in [-0.15, -0.1) is 0 Å². The van der Waals surface area contributed by atoms with Crippen molar-refractivity contribution >= 4 is 23.2 Å². The molecule has 0 N–H and O–H groups in total. The number of halogens is 1. The second-order valence-corrected chi connectivity index (χ2v) is 5.51. The molecule has 0 spiro atoms. The number of amides is 1. The van der Waals surface area contributed by atoms with E-state index in [1.807, 2.05) is 0 Å². The van der Waals surface area contributed by atoms with Gasteiger partial charge in [0.25, 0.3) is 11.6 Å². The van der Waals surface area contributed by atoms with Crippen LogP contribution in [0.2, 0.25) is 5.02 Å². The Bertz CT molecular complexity index is 561. The third kappa shape index (κ3) is 4.16. The zero-order valence-corrected chi connectivity index (χ0v) is 13.1. The Morgan fingerprint density at radius 2 is 2.14 bits per heavy atom. The summed E-state index contributed by atoms with van der Waals surface area (Å²) in [6.45, 7) is 4.36. The number of nitro benzene ring substituents is 1. The van der Waals surface area contributed by atoms with Crippen LogP contribution in [0.25, 0.3) is 0 Å². The Morgan fingerprint density at radius 1 is 1.45 bits per heavy atom. The van der Waals surface area contributed by atoms with Crippen molar-refractivity contribution in [2.24, 2.45) is 0 Å². The van der Waals surface area contributed by atoms with Crippen LogP contribution in [0.3, 0.4) is 0 Å². The van der Waals surface area contributed by atoms with Crippen LogP contribution in [0.4, 0.5) is 5.69 Å². The number of likely N-dealkylation sites (N-methyl/N-ethyl adjacent to an activating group) is 1. The number of hydrogen-bond acceptors (Lipinski definition) is 5. The number of rotatable bonds is 5. The van der Waals surface area contributed by atoms with Gasteiger partial charge in [-0.3, -0.25) is 19.8 Å². The predicted octanol–water partition coefficient (Wildman–Crippen LogP) is 1.65. The number of non-ortho nitro benzene ring substituents is 1. The van der Waals surface area contributed by atoms with E-state index in [-0.39, 0.29) is 22.2 Å². The van der Waals surface area contributed by atoms with E-state index in [9.17, 15) is 14.9 Å². The Kier molecular flexibility index (Phi) is 5.70. The summed E-state index contributed by atoms with van der Waals surface area (Å²) in [6, 6.07) is 3.88. The van der Waals surface area contributed by atoms with Gasteiger partial charge in [0, 0.05) is 45.4 Å². The standard InChI is InChI=1S/C14H18ClN3O4/c1-16(4-5-17-6-8-22-9-7-17)14(19)12-10-11(18(20)21)2-3-13(12)15/h2-3,10H,4-9H2,1H3. The lowest BCUT2D eigenvalue weighted by Gasteiger charge is -2.28. The first-order valence-corrected chi connectivity index (χ1v) is 7.36.